The van der Waals surface area contributed by atoms with Gasteiger partial charge in [0.2, 0.25) is 0 Å². The fourth-order valence-electron chi connectivity index (χ4n) is 4.25. The van der Waals surface area contributed by atoms with Gasteiger partial charge in [0.25, 0.3) is 0 Å². The van der Waals surface area contributed by atoms with Gasteiger partial charge in [-0.25, -0.2) is 0 Å². The van der Waals surface area contributed by atoms with Crippen LogP contribution in [-0.2, 0) is 12.8 Å². The Kier molecular flexibility index (Phi) is 5.61. The van der Waals surface area contributed by atoms with Crippen LogP contribution in [-0.4, -0.2) is 15.3 Å². The third-order valence-electron chi connectivity index (χ3n) is 5.74. The van der Waals surface area contributed by atoms with Crippen LogP contribution in [0.3, 0.4) is 0 Å². The minimum absolute atomic E-state index is 0.250. The molecule has 152 valence electrons. The molecule has 0 bridgehead atoms. The van der Waals surface area contributed by atoms with E-state index in [9.17, 15) is 15.3 Å². The van der Waals surface area contributed by atoms with E-state index in [0.29, 0.717) is 12.8 Å². The Morgan fingerprint density at radius 1 is 0.483 bits per heavy atom. The van der Waals surface area contributed by atoms with Gasteiger partial charge in [-0.15, -0.1) is 0 Å². The van der Waals surface area contributed by atoms with E-state index in [1.165, 1.54) is 0 Å². The Hall–Kier alpha value is -2.94. The largest absolute Gasteiger partial charge is 0.507 e. The van der Waals surface area contributed by atoms with Crippen molar-refractivity contribution in [2.75, 3.05) is 0 Å². The first kappa shape index (κ1) is 20.8. The van der Waals surface area contributed by atoms with Crippen molar-refractivity contribution in [2.24, 2.45) is 0 Å². The standard InChI is InChI=1S/C26H30O3/c1-14-7-18(5)24(27)20(9-14)12-22-16(3)11-17(4)23(26(22)29)13-21-10-15(2)8-19(6)25(21)28/h7-11,27-29H,12-13H2,1-6H3. The van der Waals surface area contributed by atoms with Crippen molar-refractivity contribution >= 4 is 0 Å². The molecule has 0 aliphatic carbocycles. The Balaban J connectivity index is 2.08. The van der Waals surface area contributed by atoms with Crippen LogP contribution in [0.15, 0.2) is 30.3 Å². The number of benzene rings is 3. The highest BCUT2D eigenvalue weighted by molar-refractivity contribution is 5.56. The molecule has 0 saturated heterocycles. The van der Waals surface area contributed by atoms with Gasteiger partial charge in [0.15, 0.2) is 0 Å². The highest BCUT2D eigenvalue weighted by Gasteiger charge is 2.18. The lowest BCUT2D eigenvalue weighted by Crippen LogP contribution is -2.02. The molecule has 3 aromatic rings. The smallest absolute Gasteiger partial charge is 0.123 e. The maximum atomic E-state index is 11.2. The summed E-state index contributed by atoms with van der Waals surface area (Å²) in [7, 11) is 0. The predicted molar refractivity (Wildman–Crippen MR) is 118 cm³/mol. The van der Waals surface area contributed by atoms with Gasteiger partial charge in [0.1, 0.15) is 17.2 Å². The van der Waals surface area contributed by atoms with Gasteiger partial charge in [-0.2, -0.15) is 0 Å². The molecule has 0 unspecified atom stereocenters. The second kappa shape index (κ2) is 7.82. The van der Waals surface area contributed by atoms with Crippen LogP contribution in [0, 0.1) is 41.5 Å². The van der Waals surface area contributed by atoms with Gasteiger partial charge in [0, 0.05) is 24.0 Å². The van der Waals surface area contributed by atoms with Crippen LogP contribution < -0.4 is 0 Å². The van der Waals surface area contributed by atoms with Crippen LogP contribution in [0.4, 0.5) is 0 Å². The summed E-state index contributed by atoms with van der Waals surface area (Å²) in [4.78, 5) is 0. The van der Waals surface area contributed by atoms with Crippen LogP contribution in [0.1, 0.15) is 55.6 Å². The number of hydrogen-bond donors (Lipinski definition) is 3. The monoisotopic (exact) mass is 390 g/mol. The van der Waals surface area contributed by atoms with Gasteiger partial charge < -0.3 is 15.3 Å². The molecule has 3 nitrogen and oxygen atoms in total. The van der Waals surface area contributed by atoms with Crippen LogP contribution >= 0.6 is 0 Å². The molecule has 3 rings (SSSR count). The lowest BCUT2D eigenvalue weighted by molar-refractivity contribution is 0.454. The third-order valence-corrected chi connectivity index (χ3v) is 5.74. The van der Waals surface area contributed by atoms with E-state index in [1.807, 2.05) is 65.8 Å². The molecule has 0 aromatic heterocycles. The second-order valence-electron chi connectivity index (χ2n) is 8.35. The average molecular weight is 391 g/mol. The topological polar surface area (TPSA) is 60.7 Å². The van der Waals surface area contributed by atoms with Crippen molar-refractivity contribution in [3.63, 3.8) is 0 Å². The van der Waals surface area contributed by atoms with Gasteiger partial charge in [-0.1, -0.05) is 41.5 Å². The summed E-state index contributed by atoms with van der Waals surface area (Å²) in [5.74, 6) is 0.812. The van der Waals surface area contributed by atoms with Crippen molar-refractivity contribution in [1.29, 1.82) is 0 Å². The zero-order chi connectivity index (χ0) is 21.5. The lowest BCUT2D eigenvalue weighted by atomic mass is 9.89. The molecule has 0 aliphatic heterocycles. The van der Waals surface area contributed by atoms with Crippen molar-refractivity contribution < 1.29 is 15.3 Å². The zero-order valence-corrected chi connectivity index (χ0v) is 18.1. The number of phenols is 3. The van der Waals surface area contributed by atoms with E-state index < -0.39 is 0 Å². The first-order valence-corrected chi connectivity index (χ1v) is 9.97. The molecule has 0 atom stereocenters. The number of phenolic OH excluding ortho intramolecular Hbond substituents is 3. The minimum atomic E-state index is 0.250. The Morgan fingerprint density at radius 2 is 0.862 bits per heavy atom. The van der Waals surface area contributed by atoms with E-state index in [0.717, 1.165) is 55.6 Å². The molecule has 0 fully saturated rings. The summed E-state index contributed by atoms with van der Waals surface area (Å²) in [5, 5.41) is 32.2. The average Bonchev–Trinajstić information content (AvgIpc) is 2.63. The van der Waals surface area contributed by atoms with Gasteiger partial charge in [-0.05, 0) is 74.9 Å². The maximum Gasteiger partial charge on any atom is 0.123 e. The van der Waals surface area contributed by atoms with E-state index in [-0.39, 0.29) is 17.2 Å². The fourth-order valence-corrected chi connectivity index (χ4v) is 4.25. The summed E-state index contributed by atoms with van der Waals surface area (Å²) in [5.41, 5.74) is 9.08. The molecule has 3 aromatic carbocycles. The Bertz CT molecular complexity index is 1010. The molecular formula is C26H30O3. The highest BCUT2D eigenvalue weighted by atomic mass is 16.3. The zero-order valence-electron chi connectivity index (χ0n) is 18.1. The van der Waals surface area contributed by atoms with Gasteiger partial charge in [0.05, 0.1) is 0 Å². The lowest BCUT2D eigenvalue weighted by Gasteiger charge is -2.18. The Morgan fingerprint density at radius 3 is 1.24 bits per heavy atom. The summed E-state index contributed by atoms with van der Waals surface area (Å²) < 4.78 is 0. The summed E-state index contributed by atoms with van der Waals surface area (Å²) in [6.45, 7) is 11.8. The molecule has 0 heterocycles. The summed E-state index contributed by atoms with van der Waals surface area (Å²) in [6, 6.07) is 9.92. The molecule has 0 radical (unpaired) electrons. The first-order chi connectivity index (χ1) is 13.6. The molecule has 3 heteroatoms. The van der Waals surface area contributed by atoms with Crippen molar-refractivity contribution in [3.05, 3.63) is 86.0 Å². The minimum Gasteiger partial charge on any atom is -0.507 e. The first-order valence-electron chi connectivity index (χ1n) is 9.97. The second-order valence-corrected chi connectivity index (χ2v) is 8.35. The van der Waals surface area contributed by atoms with Crippen molar-refractivity contribution in [1.82, 2.24) is 0 Å². The van der Waals surface area contributed by atoms with Crippen LogP contribution in [0.25, 0.3) is 0 Å². The molecule has 3 N–H and O–H groups in total. The van der Waals surface area contributed by atoms with E-state index in [2.05, 4.69) is 6.07 Å². The number of aromatic hydroxyl groups is 3. The number of hydrogen-bond acceptors (Lipinski definition) is 3. The summed E-state index contributed by atoms with van der Waals surface area (Å²) in [6.07, 6.45) is 0.913. The van der Waals surface area contributed by atoms with E-state index >= 15 is 0 Å². The fraction of sp³-hybridized carbons (Fsp3) is 0.308. The Labute approximate surface area is 173 Å². The molecular weight excluding hydrogens is 360 g/mol. The highest BCUT2D eigenvalue weighted by Crippen LogP contribution is 2.37. The third kappa shape index (κ3) is 4.09. The van der Waals surface area contributed by atoms with Crippen molar-refractivity contribution in [3.8, 4) is 17.2 Å². The molecule has 0 saturated carbocycles. The number of aryl methyl sites for hydroxylation is 6. The van der Waals surface area contributed by atoms with E-state index in [4.69, 9.17) is 0 Å². The predicted octanol–water partition coefficient (Wildman–Crippen LogP) is 5.84. The molecule has 0 amide bonds. The van der Waals surface area contributed by atoms with Crippen LogP contribution in [0.2, 0.25) is 0 Å². The van der Waals surface area contributed by atoms with Crippen molar-refractivity contribution in [2.45, 2.75) is 54.4 Å². The van der Waals surface area contributed by atoms with Crippen LogP contribution in [0.5, 0.6) is 17.2 Å². The SMILES string of the molecule is Cc1cc(C)c(O)c(Cc2c(C)cc(C)c(Cc3cc(C)cc(C)c3O)c2O)c1. The quantitative estimate of drug-likeness (QED) is 0.525. The molecule has 0 aliphatic rings. The maximum absolute atomic E-state index is 11.2. The normalized spacial score (nSPS) is 11.1. The van der Waals surface area contributed by atoms with E-state index in [1.54, 1.807) is 0 Å². The number of rotatable bonds is 4. The molecule has 0 spiro atoms. The van der Waals surface area contributed by atoms with Gasteiger partial charge in [-0.3, -0.25) is 0 Å². The summed E-state index contributed by atoms with van der Waals surface area (Å²) >= 11 is 0. The van der Waals surface area contributed by atoms with Gasteiger partial charge >= 0.3 is 0 Å². The molecule has 29 heavy (non-hydrogen) atoms.